The second-order valence-corrected chi connectivity index (χ2v) is 19.5. The second-order valence-electron chi connectivity index (χ2n) is 18.1. The third-order valence-electron chi connectivity index (χ3n) is 10.8. The second kappa shape index (κ2) is 45.6. The van der Waals surface area contributed by atoms with Gasteiger partial charge >= 0.3 is 0 Å². The van der Waals surface area contributed by atoms with Crippen LogP contribution in [-0.4, -0.2) is 68.5 Å². The van der Waals surface area contributed by atoms with E-state index in [9.17, 15) is 19.4 Å². The summed E-state index contributed by atoms with van der Waals surface area (Å²) >= 11 is 0. The topological polar surface area (TPSA) is 108 Å². The number of phosphoric acid groups is 1. The van der Waals surface area contributed by atoms with Gasteiger partial charge in [-0.25, -0.2) is 0 Å². The minimum absolute atomic E-state index is 0.0171. The molecule has 3 atom stereocenters. The monoisotopic (exact) mass is 913 g/mol. The fourth-order valence-electron chi connectivity index (χ4n) is 6.76. The summed E-state index contributed by atoms with van der Waals surface area (Å²) in [6, 6.07) is -0.924. The van der Waals surface area contributed by atoms with Gasteiger partial charge in [-0.05, 0) is 83.5 Å². The van der Waals surface area contributed by atoms with Gasteiger partial charge in [0.15, 0.2) is 0 Å². The molecule has 0 aromatic heterocycles. The first kappa shape index (κ1) is 61.4. The minimum Gasteiger partial charge on any atom is -0.756 e. The average molecular weight is 913 g/mol. The number of quaternary nitrogens is 1. The van der Waals surface area contributed by atoms with E-state index in [0.29, 0.717) is 17.4 Å². The van der Waals surface area contributed by atoms with Gasteiger partial charge in [-0.3, -0.25) is 9.36 Å². The number of hydrogen-bond donors (Lipinski definition) is 2. The van der Waals surface area contributed by atoms with Crippen LogP contribution in [0.25, 0.3) is 0 Å². The van der Waals surface area contributed by atoms with Gasteiger partial charge in [0.25, 0.3) is 7.82 Å². The number of carbonyl (C=O) groups excluding carboxylic acids is 1. The molecule has 0 fully saturated rings. The van der Waals surface area contributed by atoms with E-state index >= 15 is 0 Å². The van der Waals surface area contributed by atoms with Gasteiger partial charge in [0.1, 0.15) is 13.2 Å². The number of likely N-dealkylation sites (N-methyl/N-ethyl adjacent to an activating group) is 1. The SMILES string of the molecule is CC/C=C\C/C=C\C/C=C\C/C=C\C/C=C\C/C=C\CCCCCCC(=O)NC(COP(=O)([O-])OCC[N+](C)(C)C)C(O)/C=C/CC/C=C/CCCCCCCCCCCCCCC. The molecule has 8 nitrogen and oxygen atoms in total. The Kier molecular flexibility index (Phi) is 43.7. The van der Waals surface area contributed by atoms with Gasteiger partial charge in [0, 0.05) is 6.42 Å². The molecule has 2 N–H and O–H groups in total. The standard InChI is InChI=1S/C55H97N2O6P/c1-6-8-10-12-14-16-18-20-22-24-26-27-28-29-31-33-35-37-39-41-43-45-47-49-55(59)56-53(52-63-64(60,61)62-51-50-57(3,4)5)54(58)48-46-44-42-40-38-36-34-32-30-25-23-21-19-17-15-13-11-9-7-2/h8,10,14,16,20,22,26-27,29,31,35,37-38,40,46,48,53-54,58H,6-7,9,11-13,15,17-19,21,23-25,28,30,32-34,36,39,41-45,47,49-52H2,1-5H3,(H-,56,59,60,61)/b10-8-,16-14-,22-20-,27-26-,31-29-,37-35-,40-38+,48-46+. The normalized spacial score (nSPS) is 14.9. The number of allylic oxidation sites excluding steroid dienone is 15. The first-order valence-electron chi connectivity index (χ1n) is 25.6. The van der Waals surface area contributed by atoms with E-state index in [2.05, 4.69) is 104 Å². The van der Waals surface area contributed by atoms with Crippen LogP contribution < -0.4 is 10.2 Å². The molecular formula is C55H97N2O6P. The van der Waals surface area contributed by atoms with E-state index in [-0.39, 0.29) is 12.5 Å². The van der Waals surface area contributed by atoms with Crippen LogP contribution in [-0.2, 0) is 18.4 Å². The molecule has 0 saturated heterocycles. The Morgan fingerprint density at radius 3 is 1.45 bits per heavy atom. The molecule has 0 spiro atoms. The van der Waals surface area contributed by atoms with Crippen molar-refractivity contribution in [1.29, 1.82) is 0 Å². The summed E-state index contributed by atoms with van der Waals surface area (Å²) in [5.41, 5.74) is 0. The largest absolute Gasteiger partial charge is 0.756 e. The first-order valence-corrected chi connectivity index (χ1v) is 27.1. The molecule has 64 heavy (non-hydrogen) atoms. The molecule has 0 aliphatic carbocycles. The van der Waals surface area contributed by atoms with Gasteiger partial charge < -0.3 is 28.8 Å². The molecule has 0 aliphatic heterocycles. The van der Waals surface area contributed by atoms with E-state index < -0.39 is 26.6 Å². The molecule has 0 saturated carbocycles. The molecule has 0 heterocycles. The van der Waals surface area contributed by atoms with Crippen molar-refractivity contribution >= 4 is 13.7 Å². The van der Waals surface area contributed by atoms with Crippen LogP contribution in [0, 0.1) is 0 Å². The maximum absolute atomic E-state index is 12.9. The lowest BCUT2D eigenvalue weighted by atomic mass is 10.0. The third kappa shape index (κ3) is 47.4. The molecule has 0 bridgehead atoms. The summed E-state index contributed by atoms with van der Waals surface area (Å²) in [5.74, 6) is -0.235. The number of nitrogens with zero attached hydrogens (tertiary/aromatic N) is 1. The molecule has 0 aromatic carbocycles. The Bertz CT molecular complexity index is 1360. The number of aliphatic hydroxyl groups is 1. The predicted molar refractivity (Wildman–Crippen MR) is 274 cm³/mol. The fraction of sp³-hybridized carbons (Fsp3) is 0.691. The van der Waals surface area contributed by atoms with Crippen molar-refractivity contribution in [2.75, 3.05) is 40.9 Å². The van der Waals surface area contributed by atoms with Crippen molar-refractivity contribution in [2.45, 2.75) is 206 Å². The maximum atomic E-state index is 12.9. The molecular weight excluding hydrogens is 816 g/mol. The molecule has 0 aliphatic rings. The summed E-state index contributed by atoms with van der Waals surface area (Å²) in [4.78, 5) is 25.4. The Morgan fingerprint density at radius 2 is 0.969 bits per heavy atom. The summed E-state index contributed by atoms with van der Waals surface area (Å²) in [6.07, 6.45) is 64.6. The summed E-state index contributed by atoms with van der Waals surface area (Å²) < 4.78 is 23.2. The Labute approximate surface area is 394 Å². The van der Waals surface area contributed by atoms with Crippen molar-refractivity contribution in [3.8, 4) is 0 Å². The van der Waals surface area contributed by atoms with Crippen LogP contribution in [0.15, 0.2) is 97.2 Å². The van der Waals surface area contributed by atoms with Gasteiger partial charge in [-0.2, -0.15) is 0 Å². The number of aliphatic hydroxyl groups excluding tert-OH is 1. The van der Waals surface area contributed by atoms with Gasteiger partial charge in [-0.1, -0.05) is 201 Å². The van der Waals surface area contributed by atoms with Crippen LogP contribution in [0.1, 0.15) is 194 Å². The lowest BCUT2D eigenvalue weighted by Crippen LogP contribution is -2.45. The number of phosphoric ester groups is 1. The molecule has 0 aromatic rings. The fourth-order valence-corrected chi connectivity index (χ4v) is 7.48. The summed E-state index contributed by atoms with van der Waals surface area (Å²) in [6.45, 7) is 4.48. The van der Waals surface area contributed by atoms with E-state index in [1.807, 2.05) is 27.2 Å². The van der Waals surface area contributed by atoms with Crippen LogP contribution >= 0.6 is 7.82 Å². The molecule has 0 rings (SSSR count). The zero-order valence-electron chi connectivity index (χ0n) is 41.7. The van der Waals surface area contributed by atoms with E-state index in [0.717, 1.165) is 89.9 Å². The molecule has 9 heteroatoms. The van der Waals surface area contributed by atoms with Crippen molar-refractivity contribution < 1.29 is 32.9 Å². The number of nitrogens with one attached hydrogen (secondary N) is 1. The Balaban J connectivity index is 4.45. The van der Waals surface area contributed by atoms with E-state index in [1.54, 1.807) is 6.08 Å². The number of rotatable bonds is 45. The van der Waals surface area contributed by atoms with Crippen molar-refractivity contribution in [3.63, 3.8) is 0 Å². The lowest BCUT2D eigenvalue weighted by Gasteiger charge is -2.29. The highest BCUT2D eigenvalue weighted by Gasteiger charge is 2.23. The highest BCUT2D eigenvalue weighted by Crippen LogP contribution is 2.38. The number of carbonyl (C=O) groups is 1. The summed E-state index contributed by atoms with van der Waals surface area (Å²) in [5, 5.41) is 13.8. The smallest absolute Gasteiger partial charge is 0.268 e. The molecule has 3 unspecified atom stereocenters. The number of unbranched alkanes of at least 4 members (excludes halogenated alkanes) is 18. The van der Waals surface area contributed by atoms with Gasteiger partial charge in [0.05, 0.1) is 39.9 Å². The molecule has 368 valence electrons. The van der Waals surface area contributed by atoms with Crippen LogP contribution in [0.3, 0.4) is 0 Å². The zero-order valence-corrected chi connectivity index (χ0v) is 42.6. The molecule has 1 amide bonds. The van der Waals surface area contributed by atoms with Crippen molar-refractivity contribution in [1.82, 2.24) is 5.32 Å². The lowest BCUT2D eigenvalue weighted by molar-refractivity contribution is -0.870. The highest BCUT2D eigenvalue weighted by atomic mass is 31.2. The van der Waals surface area contributed by atoms with Crippen molar-refractivity contribution in [2.24, 2.45) is 0 Å². The van der Waals surface area contributed by atoms with Gasteiger partial charge in [-0.15, -0.1) is 0 Å². The van der Waals surface area contributed by atoms with Gasteiger partial charge in [0.2, 0.25) is 5.91 Å². The average Bonchev–Trinajstić information content (AvgIpc) is 3.25. The zero-order chi connectivity index (χ0) is 47.1. The van der Waals surface area contributed by atoms with Crippen LogP contribution in [0.2, 0.25) is 0 Å². The first-order chi connectivity index (χ1) is 31.0. The minimum atomic E-state index is -4.62. The predicted octanol–water partition coefficient (Wildman–Crippen LogP) is 14.5. The third-order valence-corrected chi connectivity index (χ3v) is 11.7. The van der Waals surface area contributed by atoms with Crippen LogP contribution in [0.5, 0.6) is 0 Å². The van der Waals surface area contributed by atoms with E-state index in [4.69, 9.17) is 9.05 Å². The van der Waals surface area contributed by atoms with Crippen LogP contribution in [0.4, 0.5) is 0 Å². The Morgan fingerprint density at radius 1 is 0.562 bits per heavy atom. The number of amides is 1. The quantitative estimate of drug-likeness (QED) is 0.0273. The maximum Gasteiger partial charge on any atom is 0.268 e. The molecule has 0 radical (unpaired) electrons. The van der Waals surface area contributed by atoms with Crippen molar-refractivity contribution in [3.05, 3.63) is 97.2 Å². The highest BCUT2D eigenvalue weighted by molar-refractivity contribution is 7.45. The van der Waals surface area contributed by atoms with E-state index in [1.165, 1.54) is 83.5 Å². The Hall–Kier alpha value is -2.58. The summed E-state index contributed by atoms with van der Waals surface area (Å²) in [7, 11) is 1.21. The number of hydrogen-bond acceptors (Lipinski definition) is 6.